The molecular weight excluding hydrogens is 345 g/mol. The summed E-state index contributed by atoms with van der Waals surface area (Å²) in [5.74, 6) is -4.17. The average Bonchev–Trinajstić information content (AvgIpc) is 1.94. The first-order valence-electron chi connectivity index (χ1n) is 4.64. The number of carbonyl (C=O) groups is 5. The van der Waals surface area contributed by atoms with Crippen molar-refractivity contribution in [2.75, 3.05) is 0 Å². The van der Waals surface area contributed by atoms with Crippen LogP contribution in [0.25, 0.3) is 0 Å². The van der Waals surface area contributed by atoms with Crippen molar-refractivity contribution in [2.24, 2.45) is 0 Å². The van der Waals surface area contributed by atoms with Crippen molar-refractivity contribution in [2.45, 2.75) is 34.6 Å². The molecule has 0 aliphatic heterocycles. The van der Waals surface area contributed by atoms with E-state index in [-0.39, 0.29) is 19.5 Å². The van der Waals surface area contributed by atoms with Crippen molar-refractivity contribution in [1.29, 1.82) is 0 Å². The summed E-state index contributed by atoms with van der Waals surface area (Å²) in [6.45, 7) is 5.42. The molecule has 11 heteroatoms. The molecule has 0 rings (SSSR count). The molecule has 0 spiro atoms. The monoisotopic (exact) mass is 364 g/mol. The first kappa shape index (κ1) is 36.4. The fourth-order valence-electron chi connectivity index (χ4n) is 0. The van der Waals surface area contributed by atoms with Gasteiger partial charge in [0.2, 0.25) is 0 Å². The molecule has 0 aliphatic carbocycles. The summed E-state index contributed by atoms with van der Waals surface area (Å²) >= 11 is 0. The van der Waals surface area contributed by atoms with Gasteiger partial charge in [0.1, 0.15) is 0 Å². The van der Waals surface area contributed by atoms with Crippen LogP contribution >= 0.6 is 0 Å². The molecule has 0 bridgehead atoms. The van der Waals surface area contributed by atoms with Crippen LogP contribution in [0.5, 0.6) is 0 Å². The van der Waals surface area contributed by atoms with Crippen molar-refractivity contribution in [3.05, 3.63) is 0 Å². The van der Waals surface area contributed by atoms with Gasteiger partial charge in [0.05, 0.1) is 0 Å². The molecule has 122 valence electrons. The summed E-state index contributed by atoms with van der Waals surface area (Å²) in [5.41, 5.74) is 0. The summed E-state index contributed by atoms with van der Waals surface area (Å²) in [5, 5.41) is 37.1. The van der Waals surface area contributed by atoms with Crippen LogP contribution in [0.4, 0.5) is 0 Å². The largest absolute Gasteiger partial charge is 0.481 e. The number of hydrogen-bond acceptors (Lipinski definition) is 5. The van der Waals surface area contributed by atoms with Gasteiger partial charge in [0, 0.05) is 54.1 Å². The van der Waals surface area contributed by atoms with E-state index in [2.05, 4.69) is 0 Å². The minimum atomic E-state index is -0.833. The van der Waals surface area contributed by atoms with Crippen LogP contribution in [0, 0.1) is 0 Å². The van der Waals surface area contributed by atoms with Gasteiger partial charge in [-0.25, -0.2) is 0 Å². The van der Waals surface area contributed by atoms with Gasteiger partial charge in [0.15, 0.2) is 0 Å². The first-order chi connectivity index (χ1) is 8.66. The Morgan fingerprint density at radius 2 is 0.429 bits per heavy atom. The summed E-state index contributed by atoms with van der Waals surface area (Å²) in [4.78, 5) is 45.0. The van der Waals surface area contributed by atoms with E-state index in [0.717, 1.165) is 34.6 Å². The van der Waals surface area contributed by atoms with E-state index in [9.17, 15) is 0 Å². The number of carboxylic acid groups (broad SMARTS) is 5. The topological polar surface area (TPSA) is 186 Å². The van der Waals surface area contributed by atoms with Crippen LogP contribution in [0.3, 0.4) is 0 Å². The number of carboxylic acids is 5. The molecule has 0 radical (unpaired) electrons. The Hall–Kier alpha value is -2.03. The van der Waals surface area contributed by atoms with Gasteiger partial charge < -0.3 is 25.5 Å². The second kappa shape index (κ2) is 30.8. The first-order valence-corrected chi connectivity index (χ1v) is 4.64. The molecule has 5 N–H and O–H groups in total. The standard InChI is InChI=1S/5C2H4O2.Zn/c5*1-2(3)4;/h5*1H3,(H,3,4);. The minimum absolute atomic E-state index is 0. The fraction of sp³-hybridized carbons (Fsp3) is 0.500. The van der Waals surface area contributed by atoms with Crippen LogP contribution in [0.1, 0.15) is 34.6 Å². The van der Waals surface area contributed by atoms with E-state index in [1.807, 2.05) is 0 Å². The summed E-state index contributed by atoms with van der Waals surface area (Å²) in [6.07, 6.45) is 0. The minimum Gasteiger partial charge on any atom is -0.481 e. The molecule has 0 aromatic heterocycles. The Bertz CT molecular complexity index is 211. The van der Waals surface area contributed by atoms with Gasteiger partial charge in [-0.1, -0.05) is 0 Å². The molecule has 10 nitrogen and oxygen atoms in total. The van der Waals surface area contributed by atoms with Crippen molar-refractivity contribution < 1.29 is 69.0 Å². The molecule has 0 aliphatic rings. The quantitative estimate of drug-likeness (QED) is 0.377. The van der Waals surface area contributed by atoms with Gasteiger partial charge in [-0.2, -0.15) is 0 Å². The third-order valence-electron chi connectivity index (χ3n) is 0. The maximum atomic E-state index is 9.00. The Balaban J connectivity index is -0.0000000331. The third kappa shape index (κ3) is 1120. The van der Waals surface area contributed by atoms with Crippen molar-refractivity contribution in [1.82, 2.24) is 0 Å². The molecule has 0 aromatic rings. The van der Waals surface area contributed by atoms with E-state index in [1.165, 1.54) is 0 Å². The Kier molecular flexibility index (Phi) is 53.4. The third-order valence-corrected chi connectivity index (χ3v) is 0. The predicted octanol–water partition coefficient (Wildman–Crippen LogP) is 0.452. The van der Waals surface area contributed by atoms with E-state index >= 15 is 0 Å². The molecule has 0 unspecified atom stereocenters. The van der Waals surface area contributed by atoms with E-state index in [4.69, 9.17) is 49.5 Å². The zero-order valence-corrected chi connectivity index (χ0v) is 15.5. The van der Waals surface area contributed by atoms with Gasteiger partial charge in [-0.05, 0) is 0 Å². The molecule has 21 heavy (non-hydrogen) atoms. The second-order valence-corrected chi connectivity index (χ2v) is 2.60. The smallest absolute Gasteiger partial charge is 0.300 e. The maximum Gasteiger partial charge on any atom is 0.300 e. The Morgan fingerprint density at radius 3 is 0.429 bits per heavy atom. The molecule has 0 heterocycles. The van der Waals surface area contributed by atoms with Crippen molar-refractivity contribution in [3.63, 3.8) is 0 Å². The van der Waals surface area contributed by atoms with Crippen LogP contribution in [0.15, 0.2) is 0 Å². The number of aliphatic carboxylic acids is 5. The SMILES string of the molecule is CC(=O)O.CC(=O)O.CC(=O)O.CC(=O)O.CC(=O)O.[Zn]. The van der Waals surface area contributed by atoms with Crippen LogP contribution in [-0.2, 0) is 43.5 Å². The Labute approximate surface area is 134 Å². The molecule has 0 atom stereocenters. The molecule has 0 fully saturated rings. The molecular formula is C10H20O10Zn. The van der Waals surface area contributed by atoms with Crippen molar-refractivity contribution in [3.8, 4) is 0 Å². The molecule has 0 saturated carbocycles. The van der Waals surface area contributed by atoms with Gasteiger partial charge in [-0.3, -0.25) is 24.0 Å². The normalized spacial score (nSPS) is 5.95. The van der Waals surface area contributed by atoms with Gasteiger partial charge >= 0.3 is 0 Å². The number of rotatable bonds is 0. The molecule has 0 saturated heterocycles. The zero-order chi connectivity index (χ0) is 17.9. The van der Waals surface area contributed by atoms with E-state index in [1.54, 1.807) is 0 Å². The van der Waals surface area contributed by atoms with Gasteiger partial charge in [-0.15, -0.1) is 0 Å². The number of hydrogen-bond donors (Lipinski definition) is 5. The van der Waals surface area contributed by atoms with Crippen LogP contribution in [-0.4, -0.2) is 55.4 Å². The van der Waals surface area contributed by atoms with E-state index in [0.29, 0.717) is 0 Å². The average molecular weight is 366 g/mol. The summed E-state index contributed by atoms with van der Waals surface area (Å²) < 4.78 is 0. The molecule has 0 aromatic carbocycles. The fourth-order valence-corrected chi connectivity index (χ4v) is 0. The van der Waals surface area contributed by atoms with Crippen LogP contribution in [0.2, 0.25) is 0 Å². The van der Waals surface area contributed by atoms with Crippen molar-refractivity contribution >= 4 is 29.8 Å². The Morgan fingerprint density at radius 1 is 0.429 bits per heavy atom. The summed E-state index contributed by atoms with van der Waals surface area (Å²) in [6, 6.07) is 0. The summed E-state index contributed by atoms with van der Waals surface area (Å²) in [7, 11) is 0. The maximum absolute atomic E-state index is 9.00. The second-order valence-electron chi connectivity index (χ2n) is 2.60. The van der Waals surface area contributed by atoms with E-state index < -0.39 is 29.8 Å². The molecule has 0 amide bonds. The predicted molar refractivity (Wildman–Crippen MR) is 66.5 cm³/mol. The zero-order valence-electron chi connectivity index (χ0n) is 12.5. The van der Waals surface area contributed by atoms with Gasteiger partial charge in [0.25, 0.3) is 29.8 Å². The van der Waals surface area contributed by atoms with Crippen LogP contribution < -0.4 is 0 Å².